The zero-order valence-corrected chi connectivity index (χ0v) is 15.9. The predicted octanol–water partition coefficient (Wildman–Crippen LogP) is 2.82. The number of benzene rings is 1. The van der Waals surface area contributed by atoms with E-state index in [0.717, 1.165) is 73.1 Å². The van der Waals surface area contributed by atoms with E-state index in [1.807, 2.05) is 12.1 Å². The quantitative estimate of drug-likeness (QED) is 0.890. The van der Waals surface area contributed by atoms with Crippen molar-refractivity contribution in [2.45, 2.75) is 31.7 Å². The monoisotopic (exact) mass is 375 g/mol. The van der Waals surface area contributed by atoms with E-state index < -0.39 is 0 Å². The van der Waals surface area contributed by atoms with E-state index in [-0.39, 0.29) is 17.9 Å². The Bertz CT molecular complexity index is 772. The van der Waals surface area contributed by atoms with Gasteiger partial charge in [0.05, 0.1) is 17.7 Å². The van der Waals surface area contributed by atoms with Crippen molar-refractivity contribution in [3.63, 3.8) is 0 Å². The summed E-state index contributed by atoms with van der Waals surface area (Å²) < 4.78 is 11.9. The first-order valence-electron chi connectivity index (χ1n) is 9.31. The lowest BCUT2D eigenvalue weighted by molar-refractivity contribution is -0.126. The van der Waals surface area contributed by atoms with Crippen LogP contribution in [0.3, 0.4) is 0 Å². The van der Waals surface area contributed by atoms with Crippen LogP contribution < -0.4 is 15.0 Å². The molecule has 2 aliphatic rings. The average Bonchev–Trinajstić information content (AvgIpc) is 3.13. The third-order valence-corrected chi connectivity index (χ3v) is 6.30. The highest BCUT2D eigenvalue weighted by Gasteiger charge is 2.29. The van der Waals surface area contributed by atoms with E-state index in [2.05, 4.69) is 16.3 Å². The molecular weight excluding hydrogens is 350 g/mol. The number of fused-ring (bicyclic) bond motifs is 1. The largest absolute Gasteiger partial charge is 0.494 e. The lowest BCUT2D eigenvalue weighted by atomic mass is 9.96. The SMILES string of the molecule is COc1cccc2sc(N3CCCC(C(=O)NC4CCOCC4)C3)nc12. The number of hydrogen-bond donors (Lipinski definition) is 1. The molecule has 2 aromatic rings. The summed E-state index contributed by atoms with van der Waals surface area (Å²) in [5, 5.41) is 4.20. The molecule has 6 nitrogen and oxygen atoms in total. The lowest BCUT2D eigenvalue weighted by Crippen LogP contribution is -2.47. The number of hydrogen-bond acceptors (Lipinski definition) is 6. The maximum Gasteiger partial charge on any atom is 0.225 e. The molecule has 4 rings (SSSR count). The van der Waals surface area contributed by atoms with Gasteiger partial charge in [-0.3, -0.25) is 4.79 Å². The number of methoxy groups -OCH3 is 1. The van der Waals surface area contributed by atoms with Crippen LogP contribution in [0, 0.1) is 5.92 Å². The smallest absolute Gasteiger partial charge is 0.225 e. The van der Waals surface area contributed by atoms with Crippen molar-refractivity contribution in [2.24, 2.45) is 5.92 Å². The Kier molecular flexibility index (Phi) is 5.26. The number of piperidine rings is 1. The molecule has 3 heterocycles. The van der Waals surface area contributed by atoms with Gasteiger partial charge in [0.15, 0.2) is 5.13 Å². The maximum absolute atomic E-state index is 12.7. The second-order valence-corrected chi connectivity index (χ2v) is 7.99. The van der Waals surface area contributed by atoms with Gasteiger partial charge < -0.3 is 19.7 Å². The van der Waals surface area contributed by atoms with Crippen LogP contribution in [0.15, 0.2) is 18.2 Å². The van der Waals surface area contributed by atoms with Crippen molar-refractivity contribution in [1.29, 1.82) is 0 Å². The molecule has 1 N–H and O–H groups in total. The standard InChI is InChI=1S/C19H25N3O3S/c1-24-15-5-2-6-16-17(15)21-19(26-16)22-9-3-4-13(12-22)18(23)20-14-7-10-25-11-8-14/h2,5-6,13-14H,3-4,7-12H2,1H3,(H,20,23). The average molecular weight is 375 g/mol. The van der Waals surface area contributed by atoms with Crippen LogP contribution in [0.2, 0.25) is 0 Å². The fourth-order valence-electron chi connectivity index (χ4n) is 3.74. The van der Waals surface area contributed by atoms with Crippen LogP contribution in [0.5, 0.6) is 5.75 Å². The minimum atomic E-state index is 0.0282. The Morgan fingerprint density at radius 3 is 3.00 bits per heavy atom. The molecule has 2 aliphatic heterocycles. The van der Waals surface area contributed by atoms with E-state index in [1.165, 1.54) is 0 Å². The number of nitrogens with one attached hydrogen (secondary N) is 1. The van der Waals surface area contributed by atoms with Gasteiger partial charge in [-0.15, -0.1) is 0 Å². The number of aromatic nitrogens is 1. The van der Waals surface area contributed by atoms with E-state index in [9.17, 15) is 4.79 Å². The number of nitrogens with zero attached hydrogens (tertiary/aromatic N) is 2. The number of rotatable bonds is 4. The zero-order chi connectivity index (χ0) is 17.9. The Morgan fingerprint density at radius 1 is 1.35 bits per heavy atom. The minimum Gasteiger partial charge on any atom is -0.494 e. The first-order chi connectivity index (χ1) is 12.7. The summed E-state index contributed by atoms with van der Waals surface area (Å²) in [6.45, 7) is 3.17. The van der Waals surface area contributed by atoms with Crippen LogP contribution in [0.4, 0.5) is 5.13 Å². The molecule has 1 atom stereocenters. The van der Waals surface area contributed by atoms with Gasteiger partial charge in [0.1, 0.15) is 11.3 Å². The molecule has 140 valence electrons. The molecule has 0 bridgehead atoms. The van der Waals surface area contributed by atoms with E-state index in [0.29, 0.717) is 0 Å². The molecule has 1 aromatic heterocycles. The highest BCUT2D eigenvalue weighted by molar-refractivity contribution is 7.22. The van der Waals surface area contributed by atoms with Crippen LogP contribution in [-0.4, -0.2) is 50.3 Å². The van der Waals surface area contributed by atoms with Gasteiger partial charge in [0, 0.05) is 32.3 Å². The summed E-state index contributed by atoms with van der Waals surface area (Å²) in [6, 6.07) is 6.26. The molecule has 1 aromatic carbocycles. The molecule has 0 aliphatic carbocycles. The summed E-state index contributed by atoms with van der Waals surface area (Å²) in [5.74, 6) is 1.01. The van der Waals surface area contributed by atoms with Crippen LogP contribution in [0.1, 0.15) is 25.7 Å². The molecule has 26 heavy (non-hydrogen) atoms. The maximum atomic E-state index is 12.7. The third-order valence-electron chi connectivity index (χ3n) is 5.22. The fraction of sp³-hybridized carbons (Fsp3) is 0.579. The van der Waals surface area contributed by atoms with Crippen molar-refractivity contribution in [3.8, 4) is 5.75 Å². The molecule has 7 heteroatoms. The van der Waals surface area contributed by atoms with Gasteiger partial charge in [0.25, 0.3) is 0 Å². The molecule has 1 amide bonds. The number of thiazole rings is 1. The van der Waals surface area contributed by atoms with Gasteiger partial charge in [-0.1, -0.05) is 17.4 Å². The molecule has 2 fully saturated rings. The van der Waals surface area contributed by atoms with E-state index in [1.54, 1.807) is 18.4 Å². The third kappa shape index (κ3) is 3.64. The number of para-hydroxylation sites is 1. The molecule has 0 radical (unpaired) electrons. The Morgan fingerprint density at radius 2 is 2.19 bits per heavy atom. The van der Waals surface area contributed by atoms with Gasteiger partial charge >= 0.3 is 0 Å². The van der Waals surface area contributed by atoms with Crippen molar-refractivity contribution >= 4 is 32.6 Å². The molecule has 0 saturated carbocycles. The lowest BCUT2D eigenvalue weighted by Gasteiger charge is -2.33. The summed E-state index contributed by atoms with van der Waals surface area (Å²) in [6.07, 6.45) is 3.79. The number of carbonyl (C=O) groups excluding carboxylic acids is 1. The van der Waals surface area contributed by atoms with Gasteiger partial charge in [0.2, 0.25) is 5.91 Å². The van der Waals surface area contributed by atoms with E-state index in [4.69, 9.17) is 14.5 Å². The van der Waals surface area contributed by atoms with Gasteiger partial charge in [-0.25, -0.2) is 4.98 Å². The second kappa shape index (κ2) is 7.80. The summed E-state index contributed by atoms with van der Waals surface area (Å²) in [4.78, 5) is 19.7. The fourth-order valence-corrected chi connectivity index (χ4v) is 4.76. The molecule has 2 saturated heterocycles. The number of ether oxygens (including phenoxy) is 2. The Hall–Kier alpha value is -1.86. The first kappa shape index (κ1) is 17.5. The molecule has 1 unspecified atom stereocenters. The van der Waals surface area contributed by atoms with Crippen molar-refractivity contribution in [1.82, 2.24) is 10.3 Å². The van der Waals surface area contributed by atoms with Gasteiger partial charge in [-0.05, 0) is 37.8 Å². The number of anilines is 1. The second-order valence-electron chi connectivity index (χ2n) is 6.98. The Balaban J connectivity index is 1.45. The van der Waals surface area contributed by atoms with Crippen LogP contribution in [0.25, 0.3) is 10.2 Å². The van der Waals surface area contributed by atoms with Crippen LogP contribution in [-0.2, 0) is 9.53 Å². The van der Waals surface area contributed by atoms with E-state index >= 15 is 0 Å². The van der Waals surface area contributed by atoms with Crippen molar-refractivity contribution in [2.75, 3.05) is 38.3 Å². The summed E-state index contributed by atoms with van der Waals surface area (Å²) in [7, 11) is 1.67. The Labute approximate surface area is 157 Å². The highest BCUT2D eigenvalue weighted by atomic mass is 32.1. The highest BCUT2D eigenvalue weighted by Crippen LogP contribution is 2.35. The molecule has 0 spiro atoms. The number of carbonyl (C=O) groups is 1. The van der Waals surface area contributed by atoms with Crippen molar-refractivity contribution < 1.29 is 14.3 Å². The van der Waals surface area contributed by atoms with Gasteiger partial charge in [-0.2, -0.15) is 0 Å². The first-order valence-corrected chi connectivity index (χ1v) is 10.1. The summed E-state index contributed by atoms with van der Waals surface area (Å²) >= 11 is 1.67. The summed E-state index contributed by atoms with van der Waals surface area (Å²) in [5.41, 5.74) is 0.906. The normalized spacial score (nSPS) is 21.7. The zero-order valence-electron chi connectivity index (χ0n) is 15.1. The molecular formula is C19H25N3O3S. The topological polar surface area (TPSA) is 63.7 Å². The minimum absolute atomic E-state index is 0.0282. The van der Waals surface area contributed by atoms with Crippen LogP contribution >= 0.6 is 11.3 Å². The van der Waals surface area contributed by atoms with Crippen molar-refractivity contribution in [3.05, 3.63) is 18.2 Å². The number of amides is 1. The predicted molar refractivity (Wildman–Crippen MR) is 103 cm³/mol.